The molecule has 0 saturated carbocycles. The zero-order chi connectivity index (χ0) is 23.3. The second-order valence-corrected chi connectivity index (χ2v) is 8.07. The standard InChI is InChI=1S/C26H20ClF3N2O/c27-22-8-5-20(6-9-22)21-7-11-23(31-18-21)10-3-19-4-12-25(24(17-19)26(28,29)30)33-16-15-32-13-1-2-14-32/h5-9,11,17-18H,1-2,13-16H2. The number of halogens is 4. The van der Waals surface area contributed by atoms with Gasteiger partial charge in [0, 0.05) is 23.3 Å². The normalized spacial score (nSPS) is 13.8. The molecule has 3 nitrogen and oxygen atoms in total. The number of aromatic nitrogens is 1. The minimum Gasteiger partial charge on any atom is -0.483 e. The molecular weight excluding hydrogens is 449 g/mol. The molecule has 1 fully saturated rings. The zero-order valence-electron chi connectivity index (χ0n) is 17.7. The lowest BCUT2D eigenvalue weighted by atomic mass is 10.1. The second kappa shape index (κ2) is 10.2. The van der Waals surface area contributed by atoms with E-state index in [2.05, 4.69) is 33.9 Å². The van der Waals surface area contributed by atoms with E-state index < -0.39 is 11.7 Å². The van der Waals surface area contributed by atoms with E-state index in [1.54, 1.807) is 24.4 Å². The van der Waals surface area contributed by atoms with Crippen LogP contribution < -0.4 is 4.74 Å². The molecule has 7 heteroatoms. The fraction of sp³-hybridized carbons (Fsp3) is 0.269. The molecule has 33 heavy (non-hydrogen) atoms. The van der Waals surface area contributed by atoms with Gasteiger partial charge >= 0.3 is 6.18 Å². The molecule has 0 amide bonds. The van der Waals surface area contributed by atoms with Gasteiger partial charge in [-0.2, -0.15) is 13.2 Å². The number of pyridine rings is 1. The molecule has 4 rings (SSSR count). The van der Waals surface area contributed by atoms with Gasteiger partial charge in [-0.15, -0.1) is 0 Å². The third kappa shape index (κ3) is 6.20. The van der Waals surface area contributed by atoms with Crippen LogP contribution in [0.1, 0.15) is 29.7 Å². The maximum Gasteiger partial charge on any atom is 0.420 e. The van der Waals surface area contributed by atoms with Crippen molar-refractivity contribution in [1.29, 1.82) is 0 Å². The molecule has 0 N–H and O–H groups in total. The predicted octanol–water partition coefficient (Wildman–Crippen LogP) is 5.90. The molecule has 0 radical (unpaired) electrons. The Hall–Kier alpha value is -3.19. The summed E-state index contributed by atoms with van der Waals surface area (Å²) in [6.45, 7) is 2.66. The molecule has 2 aromatic carbocycles. The first-order chi connectivity index (χ1) is 15.9. The number of nitrogens with zero attached hydrogens (tertiary/aromatic N) is 2. The summed E-state index contributed by atoms with van der Waals surface area (Å²) in [5.74, 6) is 5.12. The fourth-order valence-corrected chi connectivity index (χ4v) is 3.65. The van der Waals surface area contributed by atoms with Crippen LogP contribution in [0.2, 0.25) is 5.02 Å². The molecule has 168 valence electrons. The molecule has 1 saturated heterocycles. The van der Waals surface area contributed by atoms with Crippen LogP contribution in [-0.4, -0.2) is 36.1 Å². The number of hydrogen-bond donors (Lipinski definition) is 0. The highest BCUT2D eigenvalue weighted by Gasteiger charge is 2.35. The lowest BCUT2D eigenvalue weighted by Crippen LogP contribution is -2.25. The van der Waals surface area contributed by atoms with E-state index in [1.807, 2.05) is 18.2 Å². The van der Waals surface area contributed by atoms with Crippen molar-refractivity contribution in [2.24, 2.45) is 0 Å². The van der Waals surface area contributed by atoms with Gasteiger partial charge in [0.2, 0.25) is 0 Å². The van der Waals surface area contributed by atoms with Gasteiger partial charge in [0.25, 0.3) is 0 Å². The average Bonchev–Trinajstić information content (AvgIpc) is 3.32. The summed E-state index contributed by atoms with van der Waals surface area (Å²) in [4.78, 5) is 6.45. The van der Waals surface area contributed by atoms with Gasteiger partial charge in [0.05, 0.1) is 5.56 Å². The molecule has 1 aliphatic heterocycles. The SMILES string of the molecule is FC(F)(F)c1cc(C#Cc2ccc(-c3ccc(Cl)cc3)cn2)c#cc1OCCN1CCCC1. The first-order valence-electron chi connectivity index (χ1n) is 10.5. The van der Waals surface area contributed by atoms with Crippen molar-refractivity contribution >= 4 is 11.6 Å². The van der Waals surface area contributed by atoms with Crippen molar-refractivity contribution in [3.63, 3.8) is 0 Å². The highest BCUT2D eigenvalue weighted by Crippen LogP contribution is 2.35. The van der Waals surface area contributed by atoms with Crippen molar-refractivity contribution in [3.05, 3.63) is 82.6 Å². The van der Waals surface area contributed by atoms with E-state index in [-0.39, 0.29) is 17.9 Å². The largest absolute Gasteiger partial charge is 0.483 e. The van der Waals surface area contributed by atoms with Crippen molar-refractivity contribution in [3.8, 4) is 28.7 Å². The molecule has 2 heterocycles. The Bertz CT molecular complexity index is 1140. The Balaban J connectivity index is 1.47. The second-order valence-electron chi connectivity index (χ2n) is 7.63. The van der Waals surface area contributed by atoms with E-state index in [9.17, 15) is 13.2 Å². The lowest BCUT2D eigenvalue weighted by molar-refractivity contribution is -0.139. The summed E-state index contributed by atoms with van der Waals surface area (Å²) in [6.07, 6.45) is -0.704. The lowest BCUT2D eigenvalue weighted by Gasteiger charge is -2.16. The van der Waals surface area contributed by atoms with Crippen molar-refractivity contribution in [2.75, 3.05) is 26.2 Å². The summed E-state index contributed by atoms with van der Waals surface area (Å²) in [5, 5.41) is 0.642. The van der Waals surface area contributed by atoms with E-state index in [1.165, 1.54) is 0 Å². The maximum absolute atomic E-state index is 13.6. The molecule has 3 aromatic rings. The Labute approximate surface area is 196 Å². The van der Waals surface area contributed by atoms with Gasteiger partial charge in [0.1, 0.15) is 17.9 Å². The monoisotopic (exact) mass is 468 g/mol. The molecule has 0 unspecified atom stereocenters. The van der Waals surface area contributed by atoms with Crippen molar-refractivity contribution in [2.45, 2.75) is 19.0 Å². The van der Waals surface area contributed by atoms with Crippen molar-refractivity contribution in [1.82, 2.24) is 9.88 Å². The van der Waals surface area contributed by atoms with Crippen LogP contribution >= 0.6 is 11.6 Å². The molecule has 1 aliphatic rings. The smallest absolute Gasteiger partial charge is 0.420 e. The highest BCUT2D eigenvalue weighted by molar-refractivity contribution is 6.30. The van der Waals surface area contributed by atoms with E-state index in [4.69, 9.17) is 16.3 Å². The third-order valence-electron chi connectivity index (χ3n) is 5.27. The third-order valence-corrected chi connectivity index (χ3v) is 5.52. The maximum atomic E-state index is 13.6. The quantitative estimate of drug-likeness (QED) is 0.436. The van der Waals surface area contributed by atoms with E-state index in [0.717, 1.165) is 43.1 Å². The predicted molar refractivity (Wildman–Crippen MR) is 121 cm³/mol. The van der Waals surface area contributed by atoms with Crippen LogP contribution in [0.15, 0.2) is 48.7 Å². The average molecular weight is 469 g/mol. The minimum absolute atomic E-state index is 0.0674. The number of hydrogen-bond acceptors (Lipinski definition) is 3. The first kappa shape index (κ1) is 23.0. The van der Waals surface area contributed by atoms with Gasteiger partial charge in [-0.3, -0.25) is 4.90 Å². The molecule has 0 bridgehead atoms. The Kier molecular flexibility index (Phi) is 7.08. The molecule has 0 atom stereocenters. The number of rotatable bonds is 5. The summed E-state index contributed by atoms with van der Waals surface area (Å²) >= 11 is 5.90. The van der Waals surface area contributed by atoms with Gasteiger partial charge in [-0.1, -0.05) is 35.7 Å². The number of benzene rings is 1. The van der Waals surface area contributed by atoms with Gasteiger partial charge in [-0.25, -0.2) is 4.98 Å². The van der Waals surface area contributed by atoms with Crippen LogP contribution in [-0.2, 0) is 6.18 Å². The van der Waals surface area contributed by atoms with Gasteiger partial charge < -0.3 is 4.74 Å². The number of likely N-dealkylation sites (tertiary alicyclic amines) is 1. The summed E-state index contributed by atoms with van der Waals surface area (Å²) in [5.41, 5.74) is 1.42. The summed E-state index contributed by atoms with van der Waals surface area (Å²) in [7, 11) is 0. The van der Waals surface area contributed by atoms with Crippen molar-refractivity contribution < 1.29 is 17.9 Å². The molecule has 0 aliphatic carbocycles. The van der Waals surface area contributed by atoms with E-state index in [0.29, 0.717) is 17.3 Å². The number of alkyl halides is 3. The Morgan fingerprint density at radius 2 is 1.73 bits per heavy atom. The van der Waals surface area contributed by atoms with Gasteiger partial charge in [-0.05, 0) is 73.8 Å². The molecule has 1 aromatic heterocycles. The van der Waals surface area contributed by atoms with Crippen LogP contribution in [0.3, 0.4) is 0 Å². The Morgan fingerprint density at radius 1 is 1.00 bits per heavy atom. The first-order valence-corrected chi connectivity index (χ1v) is 10.9. The topological polar surface area (TPSA) is 25.4 Å². The van der Waals surface area contributed by atoms with Crippen LogP contribution in [0.4, 0.5) is 13.2 Å². The van der Waals surface area contributed by atoms with Crippen LogP contribution in [0.5, 0.6) is 5.75 Å². The highest BCUT2D eigenvalue weighted by atomic mass is 35.5. The molecule has 0 spiro atoms. The minimum atomic E-state index is -4.58. The fourth-order valence-electron chi connectivity index (χ4n) is 3.52. The van der Waals surface area contributed by atoms with Gasteiger partial charge in [0.15, 0.2) is 5.75 Å². The van der Waals surface area contributed by atoms with E-state index >= 15 is 0 Å². The van der Waals surface area contributed by atoms with Crippen LogP contribution in [0.25, 0.3) is 11.1 Å². The Morgan fingerprint density at radius 3 is 2.39 bits per heavy atom. The summed E-state index contributed by atoms with van der Waals surface area (Å²) in [6, 6.07) is 17.0. The zero-order valence-corrected chi connectivity index (χ0v) is 18.4. The summed E-state index contributed by atoms with van der Waals surface area (Å²) < 4.78 is 46.1. The van der Waals surface area contributed by atoms with Crippen LogP contribution in [0, 0.1) is 24.0 Å². The number of ether oxygens (including phenoxy) is 1. The molecular formula is C26H20ClF3N2O.